The zero-order valence-electron chi connectivity index (χ0n) is 13.0. The van der Waals surface area contributed by atoms with E-state index < -0.39 is 0 Å². The molecule has 116 valence electrons. The second-order valence-corrected chi connectivity index (χ2v) is 6.69. The van der Waals surface area contributed by atoms with Gasteiger partial charge in [0.1, 0.15) is 5.82 Å². The van der Waals surface area contributed by atoms with Crippen molar-refractivity contribution in [2.45, 2.75) is 50.9 Å². The van der Waals surface area contributed by atoms with Crippen molar-refractivity contribution in [1.82, 2.24) is 9.88 Å². The lowest BCUT2D eigenvalue weighted by atomic mass is 10.00. The van der Waals surface area contributed by atoms with E-state index in [9.17, 15) is 0 Å². The molecule has 0 spiro atoms. The Labute approximate surface area is 133 Å². The number of hydrogen-bond acceptors (Lipinski definition) is 3. The highest BCUT2D eigenvalue weighted by Crippen LogP contribution is 2.24. The van der Waals surface area contributed by atoms with Crippen LogP contribution in [0.4, 0.5) is 5.82 Å². The molecule has 0 aromatic carbocycles. The maximum atomic E-state index is 5.98. The van der Waals surface area contributed by atoms with E-state index in [0.29, 0.717) is 5.88 Å². The predicted octanol–water partition coefficient (Wildman–Crippen LogP) is 3.58. The van der Waals surface area contributed by atoms with Crippen LogP contribution < -0.4 is 4.90 Å². The van der Waals surface area contributed by atoms with E-state index in [1.165, 1.54) is 50.8 Å². The molecule has 1 aromatic rings. The van der Waals surface area contributed by atoms with Crippen LogP contribution in [0, 0.1) is 6.92 Å². The quantitative estimate of drug-likeness (QED) is 0.796. The molecular formula is C17H26ClN3. The number of aryl methyl sites for hydroxylation is 1. The SMILES string of the molecule is Cc1cc(CCl)cc(N2CCC(N3CCCCC3)CC2)n1. The molecule has 2 saturated heterocycles. The van der Waals surface area contributed by atoms with E-state index in [-0.39, 0.29) is 0 Å². The largest absolute Gasteiger partial charge is 0.356 e. The summed E-state index contributed by atoms with van der Waals surface area (Å²) in [7, 11) is 0. The van der Waals surface area contributed by atoms with Crippen molar-refractivity contribution in [3.8, 4) is 0 Å². The van der Waals surface area contributed by atoms with Crippen LogP contribution >= 0.6 is 11.6 Å². The van der Waals surface area contributed by atoms with Crippen LogP contribution in [0.25, 0.3) is 0 Å². The highest BCUT2D eigenvalue weighted by Gasteiger charge is 2.26. The predicted molar refractivity (Wildman–Crippen MR) is 89.2 cm³/mol. The van der Waals surface area contributed by atoms with Crippen LogP contribution in [0.1, 0.15) is 43.4 Å². The Morgan fingerprint density at radius 3 is 2.48 bits per heavy atom. The minimum absolute atomic E-state index is 0.570. The van der Waals surface area contributed by atoms with Gasteiger partial charge in [-0.05, 0) is 63.4 Å². The minimum Gasteiger partial charge on any atom is -0.356 e. The molecule has 0 aliphatic carbocycles. The lowest BCUT2D eigenvalue weighted by Crippen LogP contribution is -2.47. The number of pyridine rings is 1. The average molecular weight is 308 g/mol. The van der Waals surface area contributed by atoms with Gasteiger partial charge in [-0.25, -0.2) is 4.98 Å². The molecule has 0 atom stereocenters. The molecule has 4 heteroatoms. The smallest absolute Gasteiger partial charge is 0.129 e. The van der Waals surface area contributed by atoms with Gasteiger partial charge >= 0.3 is 0 Å². The summed E-state index contributed by atoms with van der Waals surface area (Å²) in [4.78, 5) is 9.85. The molecular weight excluding hydrogens is 282 g/mol. The number of nitrogens with zero attached hydrogens (tertiary/aromatic N) is 3. The molecule has 0 N–H and O–H groups in total. The molecule has 1 aromatic heterocycles. The standard InChI is InChI=1S/C17H26ClN3/c1-14-11-15(13-18)12-17(19-14)21-9-5-16(6-10-21)20-7-3-2-4-8-20/h11-12,16H,2-10,13H2,1H3. The monoisotopic (exact) mass is 307 g/mol. The topological polar surface area (TPSA) is 19.4 Å². The van der Waals surface area contributed by atoms with Crippen molar-refractivity contribution in [1.29, 1.82) is 0 Å². The van der Waals surface area contributed by atoms with Crippen LogP contribution in [0.5, 0.6) is 0 Å². The van der Waals surface area contributed by atoms with Gasteiger partial charge in [0.15, 0.2) is 0 Å². The van der Waals surface area contributed by atoms with Crippen molar-refractivity contribution in [3.05, 3.63) is 23.4 Å². The fourth-order valence-corrected chi connectivity index (χ4v) is 3.86. The highest BCUT2D eigenvalue weighted by molar-refractivity contribution is 6.17. The number of aromatic nitrogens is 1. The molecule has 3 heterocycles. The molecule has 0 bridgehead atoms. The van der Waals surface area contributed by atoms with Crippen molar-refractivity contribution >= 4 is 17.4 Å². The molecule has 2 aliphatic heterocycles. The van der Waals surface area contributed by atoms with Gasteiger partial charge in [0, 0.05) is 30.7 Å². The van der Waals surface area contributed by atoms with Gasteiger partial charge in [-0.15, -0.1) is 11.6 Å². The van der Waals surface area contributed by atoms with Gasteiger partial charge in [0.25, 0.3) is 0 Å². The number of alkyl halides is 1. The fourth-order valence-electron chi connectivity index (χ4n) is 3.70. The summed E-state index contributed by atoms with van der Waals surface area (Å²) in [6.45, 7) is 6.92. The third-order valence-corrected chi connectivity index (χ3v) is 5.16. The first-order valence-electron chi connectivity index (χ1n) is 8.29. The summed E-state index contributed by atoms with van der Waals surface area (Å²) in [5, 5.41) is 0. The maximum absolute atomic E-state index is 5.98. The molecule has 3 rings (SSSR count). The van der Waals surface area contributed by atoms with Crippen LogP contribution in [0.2, 0.25) is 0 Å². The number of anilines is 1. The van der Waals surface area contributed by atoms with Crippen LogP contribution in [0.15, 0.2) is 12.1 Å². The van der Waals surface area contributed by atoms with Crippen molar-refractivity contribution in [2.24, 2.45) is 0 Å². The van der Waals surface area contributed by atoms with Crippen molar-refractivity contribution < 1.29 is 0 Å². The molecule has 2 fully saturated rings. The zero-order valence-corrected chi connectivity index (χ0v) is 13.8. The summed E-state index contributed by atoms with van der Waals surface area (Å²) in [6, 6.07) is 5.02. The first-order valence-corrected chi connectivity index (χ1v) is 8.82. The van der Waals surface area contributed by atoms with Gasteiger partial charge in [-0.2, -0.15) is 0 Å². The van der Waals surface area contributed by atoms with Crippen molar-refractivity contribution in [2.75, 3.05) is 31.1 Å². The summed E-state index contributed by atoms with van der Waals surface area (Å²) in [5.41, 5.74) is 2.25. The summed E-state index contributed by atoms with van der Waals surface area (Å²) in [6.07, 6.45) is 6.74. The number of rotatable bonds is 3. The fraction of sp³-hybridized carbons (Fsp3) is 0.706. The number of halogens is 1. The van der Waals surface area contributed by atoms with Gasteiger partial charge < -0.3 is 9.80 Å². The Morgan fingerprint density at radius 2 is 1.81 bits per heavy atom. The third kappa shape index (κ3) is 3.70. The Kier molecular flexibility index (Phi) is 5.02. The number of likely N-dealkylation sites (tertiary alicyclic amines) is 1. The lowest BCUT2D eigenvalue weighted by molar-refractivity contribution is 0.141. The molecule has 0 unspecified atom stereocenters. The van der Waals surface area contributed by atoms with Gasteiger partial charge in [0.05, 0.1) is 0 Å². The molecule has 21 heavy (non-hydrogen) atoms. The van der Waals surface area contributed by atoms with Crippen LogP contribution in [-0.2, 0) is 5.88 Å². The van der Waals surface area contributed by atoms with E-state index >= 15 is 0 Å². The zero-order chi connectivity index (χ0) is 14.7. The van der Waals surface area contributed by atoms with E-state index in [1.54, 1.807) is 0 Å². The lowest BCUT2D eigenvalue weighted by Gasteiger charge is -2.40. The Balaban J connectivity index is 1.61. The first kappa shape index (κ1) is 15.1. The second-order valence-electron chi connectivity index (χ2n) is 6.42. The second kappa shape index (κ2) is 6.97. The molecule has 0 radical (unpaired) electrons. The third-order valence-electron chi connectivity index (χ3n) is 4.85. The summed E-state index contributed by atoms with van der Waals surface area (Å²) in [5.74, 6) is 1.68. The number of piperidine rings is 2. The Morgan fingerprint density at radius 1 is 1.10 bits per heavy atom. The first-order chi connectivity index (χ1) is 10.3. The maximum Gasteiger partial charge on any atom is 0.129 e. The Hall–Kier alpha value is -0.800. The van der Waals surface area contributed by atoms with Crippen molar-refractivity contribution in [3.63, 3.8) is 0 Å². The average Bonchev–Trinajstić information content (AvgIpc) is 2.55. The Bertz CT molecular complexity index is 463. The van der Waals surface area contributed by atoms with Crippen LogP contribution in [0.3, 0.4) is 0 Å². The van der Waals surface area contributed by atoms with E-state index in [4.69, 9.17) is 16.6 Å². The van der Waals surface area contributed by atoms with Gasteiger partial charge in [0.2, 0.25) is 0 Å². The minimum atomic E-state index is 0.570. The number of hydrogen-bond donors (Lipinski definition) is 0. The summed E-state index contributed by atoms with van der Waals surface area (Å²) >= 11 is 5.98. The molecule has 0 saturated carbocycles. The summed E-state index contributed by atoms with van der Waals surface area (Å²) < 4.78 is 0. The van der Waals surface area contributed by atoms with Gasteiger partial charge in [-0.3, -0.25) is 0 Å². The van der Waals surface area contributed by atoms with Gasteiger partial charge in [-0.1, -0.05) is 6.42 Å². The van der Waals surface area contributed by atoms with Crippen LogP contribution in [-0.4, -0.2) is 42.1 Å². The van der Waals surface area contributed by atoms with E-state index in [2.05, 4.69) is 28.9 Å². The van der Waals surface area contributed by atoms with E-state index in [0.717, 1.165) is 30.6 Å². The molecule has 3 nitrogen and oxygen atoms in total. The molecule has 2 aliphatic rings. The highest BCUT2D eigenvalue weighted by atomic mass is 35.5. The normalized spacial score (nSPS) is 21.7. The van der Waals surface area contributed by atoms with E-state index in [1.807, 2.05) is 0 Å². The molecule has 0 amide bonds.